The lowest BCUT2D eigenvalue weighted by Gasteiger charge is -2.28. The molecule has 2 aromatic carbocycles. The van der Waals surface area contributed by atoms with Gasteiger partial charge in [-0.15, -0.1) is 24.0 Å². The van der Waals surface area contributed by atoms with E-state index in [1.165, 1.54) is 5.69 Å². The molecule has 0 radical (unpaired) electrons. The standard InChI is InChI=1S/C24H33N5O2.HI/c1-28(2)23(30)18-26-24(25-15-9-16-29(3)19-10-5-4-6-11-19)27-21-14-17-31-22-13-8-7-12-20(21)22;/h4-8,10-13,21H,9,14-18H2,1-3H3,(H2,25,26,27);1H. The number of para-hydroxylation sites is 2. The highest BCUT2D eigenvalue weighted by Crippen LogP contribution is 2.31. The summed E-state index contributed by atoms with van der Waals surface area (Å²) in [6.45, 7) is 2.43. The lowest BCUT2D eigenvalue weighted by molar-refractivity contribution is -0.127. The Kier molecular flexibility index (Phi) is 10.6. The van der Waals surface area contributed by atoms with Crippen LogP contribution in [0.4, 0.5) is 5.69 Å². The molecular formula is C24H34IN5O2. The number of likely N-dealkylation sites (N-methyl/N-ethyl adjacent to an activating group) is 1. The Morgan fingerprint density at radius 2 is 1.81 bits per heavy atom. The summed E-state index contributed by atoms with van der Waals surface area (Å²) >= 11 is 0. The van der Waals surface area contributed by atoms with E-state index < -0.39 is 0 Å². The van der Waals surface area contributed by atoms with Crippen molar-refractivity contribution in [1.82, 2.24) is 15.5 Å². The number of amides is 1. The van der Waals surface area contributed by atoms with Gasteiger partial charge in [-0.2, -0.15) is 0 Å². The molecule has 2 aromatic rings. The Hall–Kier alpha value is -2.49. The highest BCUT2D eigenvalue weighted by atomic mass is 127. The third-order valence-corrected chi connectivity index (χ3v) is 5.30. The fourth-order valence-corrected chi connectivity index (χ4v) is 3.43. The SMILES string of the molecule is CN(C)C(=O)CN=C(NCCCN(C)c1ccccc1)NC1CCOc2ccccc21.I. The van der Waals surface area contributed by atoms with Gasteiger partial charge in [0.1, 0.15) is 12.3 Å². The maximum Gasteiger partial charge on any atom is 0.243 e. The first-order valence-electron chi connectivity index (χ1n) is 10.8. The normalized spacial score (nSPS) is 15.0. The van der Waals surface area contributed by atoms with Crippen LogP contribution in [0.1, 0.15) is 24.4 Å². The number of hydrogen-bond acceptors (Lipinski definition) is 4. The predicted octanol–water partition coefficient (Wildman–Crippen LogP) is 3.28. The van der Waals surface area contributed by atoms with E-state index in [0.717, 1.165) is 37.2 Å². The van der Waals surface area contributed by atoms with Crippen molar-refractivity contribution in [3.63, 3.8) is 0 Å². The Bertz CT molecular complexity index is 876. The highest BCUT2D eigenvalue weighted by molar-refractivity contribution is 14.0. The van der Waals surface area contributed by atoms with Crippen LogP contribution in [0.2, 0.25) is 0 Å². The van der Waals surface area contributed by atoms with Crippen LogP contribution in [-0.4, -0.2) is 64.2 Å². The molecule has 0 fully saturated rings. The van der Waals surface area contributed by atoms with Crippen molar-refractivity contribution in [2.75, 3.05) is 52.3 Å². The zero-order valence-corrected chi connectivity index (χ0v) is 21.4. The van der Waals surface area contributed by atoms with Gasteiger partial charge in [-0.05, 0) is 24.6 Å². The molecule has 0 bridgehead atoms. The van der Waals surface area contributed by atoms with Crippen LogP contribution in [0.25, 0.3) is 0 Å². The van der Waals surface area contributed by atoms with Gasteiger partial charge in [0, 0.05) is 51.9 Å². The molecule has 1 atom stereocenters. The molecule has 3 rings (SSSR count). The number of halogens is 1. The van der Waals surface area contributed by atoms with Crippen molar-refractivity contribution in [2.24, 2.45) is 4.99 Å². The number of nitrogens with zero attached hydrogens (tertiary/aromatic N) is 3. The van der Waals surface area contributed by atoms with Gasteiger partial charge in [0.2, 0.25) is 5.91 Å². The number of carbonyl (C=O) groups excluding carboxylic acids is 1. The van der Waals surface area contributed by atoms with Crippen LogP contribution >= 0.6 is 24.0 Å². The number of benzene rings is 2. The molecule has 8 heteroatoms. The van der Waals surface area contributed by atoms with E-state index in [0.29, 0.717) is 12.6 Å². The summed E-state index contributed by atoms with van der Waals surface area (Å²) in [4.78, 5) is 20.4. The number of rotatable bonds is 8. The van der Waals surface area contributed by atoms with E-state index in [2.05, 4.69) is 45.8 Å². The zero-order valence-electron chi connectivity index (χ0n) is 19.1. The number of aliphatic imine (C=N–C) groups is 1. The lowest BCUT2D eigenvalue weighted by Crippen LogP contribution is -2.42. The smallest absolute Gasteiger partial charge is 0.243 e. The Morgan fingerprint density at radius 1 is 1.09 bits per heavy atom. The molecule has 174 valence electrons. The zero-order chi connectivity index (χ0) is 22.1. The lowest BCUT2D eigenvalue weighted by atomic mass is 10.0. The van der Waals surface area contributed by atoms with Gasteiger partial charge in [0.05, 0.1) is 12.6 Å². The van der Waals surface area contributed by atoms with Crippen LogP contribution in [0.3, 0.4) is 0 Å². The predicted molar refractivity (Wildman–Crippen MR) is 141 cm³/mol. The second-order valence-corrected chi connectivity index (χ2v) is 7.86. The molecule has 2 N–H and O–H groups in total. The van der Waals surface area contributed by atoms with E-state index in [1.807, 2.05) is 36.4 Å². The number of nitrogens with one attached hydrogen (secondary N) is 2. The number of hydrogen-bond donors (Lipinski definition) is 2. The van der Waals surface area contributed by atoms with E-state index in [9.17, 15) is 4.79 Å². The second kappa shape index (κ2) is 13.1. The average molecular weight is 551 g/mol. The van der Waals surface area contributed by atoms with Crippen LogP contribution in [0.5, 0.6) is 5.75 Å². The molecule has 0 aliphatic carbocycles. The van der Waals surface area contributed by atoms with Crippen molar-refractivity contribution < 1.29 is 9.53 Å². The minimum absolute atomic E-state index is 0. The molecule has 1 aliphatic heterocycles. The summed E-state index contributed by atoms with van der Waals surface area (Å²) < 4.78 is 5.77. The summed E-state index contributed by atoms with van der Waals surface area (Å²) in [5.41, 5.74) is 2.32. The summed E-state index contributed by atoms with van der Waals surface area (Å²) in [6.07, 6.45) is 1.79. The molecular weight excluding hydrogens is 517 g/mol. The summed E-state index contributed by atoms with van der Waals surface area (Å²) in [5.74, 6) is 1.52. The number of fused-ring (bicyclic) bond motifs is 1. The fourth-order valence-electron chi connectivity index (χ4n) is 3.43. The first kappa shape index (κ1) is 25.8. The Morgan fingerprint density at radius 3 is 2.56 bits per heavy atom. The largest absolute Gasteiger partial charge is 0.493 e. The molecule has 0 saturated carbocycles. The van der Waals surface area contributed by atoms with Gasteiger partial charge in [-0.3, -0.25) is 4.79 Å². The molecule has 7 nitrogen and oxygen atoms in total. The van der Waals surface area contributed by atoms with E-state index in [1.54, 1.807) is 19.0 Å². The van der Waals surface area contributed by atoms with E-state index in [-0.39, 0.29) is 42.5 Å². The van der Waals surface area contributed by atoms with Crippen LogP contribution in [0, 0.1) is 0 Å². The van der Waals surface area contributed by atoms with Gasteiger partial charge in [0.25, 0.3) is 0 Å². The van der Waals surface area contributed by atoms with Crippen LogP contribution in [-0.2, 0) is 4.79 Å². The van der Waals surface area contributed by atoms with Crippen molar-refractivity contribution >= 4 is 41.5 Å². The number of ether oxygens (including phenoxy) is 1. The topological polar surface area (TPSA) is 69.2 Å². The molecule has 1 unspecified atom stereocenters. The summed E-state index contributed by atoms with van der Waals surface area (Å²) in [6, 6.07) is 18.5. The quantitative estimate of drug-likeness (QED) is 0.228. The minimum Gasteiger partial charge on any atom is -0.493 e. The van der Waals surface area contributed by atoms with Crippen LogP contribution in [0.15, 0.2) is 59.6 Å². The van der Waals surface area contributed by atoms with Gasteiger partial charge in [0.15, 0.2) is 5.96 Å². The van der Waals surface area contributed by atoms with Gasteiger partial charge in [-0.25, -0.2) is 4.99 Å². The van der Waals surface area contributed by atoms with Crippen LogP contribution < -0.4 is 20.3 Å². The van der Waals surface area contributed by atoms with Gasteiger partial charge >= 0.3 is 0 Å². The molecule has 1 amide bonds. The summed E-state index contributed by atoms with van der Waals surface area (Å²) in [7, 11) is 5.58. The van der Waals surface area contributed by atoms with Crippen molar-refractivity contribution in [1.29, 1.82) is 0 Å². The fraction of sp³-hybridized carbons (Fsp3) is 0.417. The van der Waals surface area contributed by atoms with Crippen molar-refractivity contribution in [3.05, 3.63) is 60.2 Å². The molecule has 0 saturated heterocycles. The molecule has 1 heterocycles. The number of carbonyl (C=O) groups is 1. The first-order chi connectivity index (χ1) is 15.0. The van der Waals surface area contributed by atoms with Crippen molar-refractivity contribution in [3.8, 4) is 5.75 Å². The third kappa shape index (κ3) is 7.58. The molecule has 0 aromatic heterocycles. The number of anilines is 1. The van der Waals surface area contributed by atoms with Gasteiger partial charge < -0.3 is 25.2 Å². The maximum absolute atomic E-state index is 12.1. The van der Waals surface area contributed by atoms with Gasteiger partial charge in [-0.1, -0.05) is 36.4 Å². The Balaban J connectivity index is 0.00000363. The molecule has 1 aliphatic rings. The van der Waals surface area contributed by atoms with E-state index in [4.69, 9.17) is 4.74 Å². The third-order valence-electron chi connectivity index (χ3n) is 5.30. The highest BCUT2D eigenvalue weighted by Gasteiger charge is 2.22. The molecule has 0 spiro atoms. The van der Waals surface area contributed by atoms with Crippen molar-refractivity contribution in [2.45, 2.75) is 18.9 Å². The average Bonchev–Trinajstić information content (AvgIpc) is 2.80. The minimum atomic E-state index is -0.0303. The summed E-state index contributed by atoms with van der Waals surface area (Å²) in [5, 5.41) is 6.90. The number of guanidine groups is 1. The first-order valence-corrected chi connectivity index (χ1v) is 10.8. The Labute approximate surface area is 208 Å². The second-order valence-electron chi connectivity index (χ2n) is 7.86. The monoisotopic (exact) mass is 551 g/mol. The maximum atomic E-state index is 12.1. The molecule has 32 heavy (non-hydrogen) atoms. The van der Waals surface area contributed by atoms with E-state index >= 15 is 0 Å².